The highest BCUT2D eigenvalue weighted by molar-refractivity contribution is 6.29. The first-order valence-corrected chi connectivity index (χ1v) is 3.79. The third-order valence-corrected chi connectivity index (χ3v) is 2.10. The van der Waals surface area contributed by atoms with Crippen molar-refractivity contribution in [3.8, 4) is 0 Å². The number of allylic oxidation sites excluding steroid dienone is 1. The third kappa shape index (κ3) is 1.62. The van der Waals surface area contributed by atoms with E-state index in [2.05, 4.69) is 4.90 Å². The molecule has 0 aromatic carbocycles. The van der Waals surface area contributed by atoms with Gasteiger partial charge in [-0.25, -0.2) is 0 Å². The molecule has 1 fully saturated rings. The van der Waals surface area contributed by atoms with Crippen LogP contribution in [0, 0.1) is 0 Å². The number of rotatable bonds is 1. The van der Waals surface area contributed by atoms with Gasteiger partial charge in [-0.15, -0.1) is 0 Å². The Morgan fingerprint density at radius 1 is 1.44 bits per heavy atom. The van der Waals surface area contributed by atoms with Gasteiger partial charge in [0.05, 0.1) is 0 Å². The Labute approximate surface area is 61.3 Å². The van der Waals surface area contributed by atoms with Gasteiger partial charge in [-0.05, 0) is 19.8 Å². The van der Waals surface area contributed by atoms with Crippen molar-refractivity contribution in [3.63, 3.8) is 0 Å². The molecule has 1 rings (SSSR count). The van der Waals surface area contributed by atoms with Gasteiger partial charge in [0, 0.05) is 13.1 Å². The van der Waals surface area contributed by atoms with Gasteiger partial charge in [0.15, 0.2) is 0 Å². The second kappa shape index (κ2) is 3.11. The van der Waals surface area contributed by atoms with Crippen molar-refractivity contribution in [1.29, 1.82) is 0 Å². The average molecular weight is 146 g/mol. The summed E-state index contributed by atoms with van der Waals surface area (Å²) in [7, 11) is 0. The van der Waals surface area contributed by atoms with Gasteiger partial charge in [0.1, 0.15) is 5.16 Å². The maximum atomic E-state index is 5.86. The summed E-state index contributed by atoms with van der Waals surface area (Å²) in [4.78, 5) is 2.21. The molecule has 0 aromatic heterocycles. The van der Waals surface area contributed by atoms with E-state index in [1.165, 1.54) is 12.8 Å². The number of hydrogen-bond acceptors (Lipinski definition) is 1. The molecule has 1 aliphatic heterocycles. The highest BCUT2D eigenvalue weighted by Crippen LogP contribution is 2.16. The topological polar surface area (TPSA) is 3.24 Å². The highest BCUT2D eigenvalue weighted by Gasteiger charge is 2.11. The van der Waals surface area contributed by atoms with E-state index in [1.54, 1.807) is 0 Å². The smallest absolute Gasteiger partial charge is 0.100 e. The summed E-state index contributed by atoms with van der Waals surface area (Å²) < 4.78 is 0. The molecule has 0 N–H and O–H groups in total. The van der Waals surface area contributed by atoms with Crippen LogP contribution in [0.3, 0.4) is 0 Å². The molecule has 2 heteroatoms. The molecule has 0 spiro atoms. The van der Waals surface area contributed by atoms with E-state index in [9.17, 15) is 0 Å². The van der Waals surface area contributed by atoms with Crippen LogP contribution in [-0.4, -0.2) is 18.0 Å². The normalized spacial score (nSPS) is 21.1. The van der Waals surface area contributed by atoms with Crippen LogP contribution in [0.2, 0.25) is 0 Å². The molecule has 0 aliphatic carbocycles. The Morgan fingerprint density at radius 3 is 2.44 bits per heavy atom. The predicted molar refractivity (Wildman–Crippen MR) is 40.4 cm³/mol. The van der Waals surface area contributed by atoms with Gasteiger partial charge in [-0.1, -0.05) is 17.7 Å². The SMILES string of the molecule is C/C=C(\Cl)N1CCCC1. The molecule has 0 radical (unpaired) electrons. The van der Waals surface area contributed by atoms with Crippen molar-refractivity contribution in [2.75, 3.05) is 13.1 Å². The number of hydrogen-bond donors (Lipinski definition) is 0. The van der Waals surface area contributed by atoms with E-state index in [-0.39, 0.29) is 0 Å². The summed E-state index contributed by atoms with van der Waals surface area (Å²) in [5.74, 6) is 0. The number of likely N-dealkylation sites (tertiary alicyclic amines) is 1. The van der Waals surface area contributed by atoms with Crippen molar-refractivity contribution in [1.82, 2.24) is 4.90 Å². The molecule has 0 bridgehead atoms. The summed E-state index contributed by atoms with van der Waals surface area (Å²) in [5, 5.41) is 0.910. The van der Waals surface area contributed by atoms with Gasteiger partial charge in [-0.3, -0.25) is 0 Å². The Morgan fingerprint density at radius 2 is 2.00 bits per heavy atom. The summed E-state index contributed by atoms with van der Waals surface area (Å²) in [6.07, 6.45) is 4.54. The fourth-order valence-electron chi connectivity index (χ4n) is 1.11. The van der Waals surface area contributed by atoms with Crippen LogP contribution < -0.4 is 0 Å². The van der Waals surface area contributed by atoms with Crippen molar-refractivity contribution < 1.29 is 0 Å². The Balaban J connectivity index is 2.42. The Hall–Kier alpha value is -0.170. The fourth-order valence-corrected chi connectivity index (χ4v) is 1.28. The van der Waals surface area contributed by atoms with Gasteiger partial charge >= 0.3 is 0 Å². The van der Waals surface area contributed by atoms with Crippen LogP contribution in [0.5, 0.6) is 0 Å². The molecule has 1 heterocycles. The largest absolute Gasteiger partial charge is 0.363 e. The Bertz CT molecular complexity index is 114. The van der Waals surface area contributed by atoms with Crippen LogP contribution in [0.25, 0.3) is 0 Å². The minimum Gasteiger partial charge on any atom is -0.363 e. The lowest BCUT2D eigenvalue weighted by Crippen LogP contribution is -2.14. The molecular weight excluding hydrogens is 134 g/mol. The number of nitrogens with zero attached hydrogens (tertiary/aromatic N) is 1. The zero-order chi connectivity index (χ0) is 6.69. The molecule has 0 saturated carbocycles. The lowest BCUT2D eigenvalue weighted by molar-refractivity contribution is 0.453. The summed E-state index contributed by atoms with van der Waals surface area (Å²) >= 11 is 5.86. The molecule has 1 nitrogen and oxygen atoms in total. The zero-order valence-electron chi connectivity index (χ0n) is 5.73. The third-order valence-electron chi connectivity index (χ3n) is 1.65. The quantitative estimate of drug-likeness (QED) is 0.512. The molecule has 1 saturated heterocycles. The van der Waals surface area contributed by atoms with Crippen molar-refractivity contribution >= 4 is 11.6 Å². The van der Waals surface area contributed by atoms with Crippen LogP contribution in [0.4, 0.5) is 0 Å². The summed E-state index contributed by atoms with van der Waals surface area (Å²) in [6, 6.07) is 0. The monoisotopic (exact) mass is 145 g/mol. The van der Waals surface area contributed by atoms with Crippen molar-refractivity contribution in [3.05, 3.63) is 11.2 Å². The standard InChI is InChI=1S/C7H12ClN/c1-2-7(8)9-5-3-4-6-9/h2H,3-6H2,1H3/b7-2+. The minimum absolute atomic E-state index is 0.910. The molecule has 1 aliphatic rings. The lowest BCUT2D eigenvalue weighted by atomic mass is 10.4. The van der Waals surface area contributed by atoms with E-state index < -0.39 is 0 Å². The molecule has 9 heavy (non-hydrogen) atoms. The van der Waals surface area contributed by atoms with E-state index in [4.69, 9.17) is 11.6 Å². The van der Waals surface area contributed by atoms with Crippen LogP contribution >= 0.6 is 11.6 Å². The summed E-state index contributed by atoms with van der Waals surface area (Å²) in [6.45, 7) is 4.26. The molecule has 0 atom stereocenters. The van der Waals surface area contributed by atoms with E-state index in [0.29, 0.717) is 0 Å². The van der Waals surface area contributed by atoms with E-state index >= 15 is 0 Å². The minimum atomic E-state index is 0.910. The number of halogens is 1. The average Bonchev–Trinajstić information content (AvgIpc) is 2.37. The van der Waals surface area contributed by atoms with Crippen LogP contribution in [0.1, 0.15) is 19.8 Å². The maximum Gasteiger partial charge on any atom is 0.100 e. The van der Waals surface area contributed by atoms with Crippen LogP contribution in [-0.2, 0) is 0 Å². The predicted octanol–water partition coefficient (Wildman–Crippen LogP) is 2.18. The van der Waals surface area contributed by atoms with Gasteiger partial charge < -0.3 is 4.90 Å². The van der Waals surface area contributed by atoms with E-state index in [1.807, 2.05) is 13.0 Å². The lowest BCUT2D eigenvalue weighted by Gasteiger charge is -2.14. The van der Waals surface area contributed by atoms with Gasteiger partial charge in [0.25, 0.3) is 0 Å². The first-order valence-electron chi connectivity index (χ1n) is 3.41. The first-order chi connectivity index (χ1) is 4.34. The van der Waals surface area contributed by atoms with Crippen molar-refractivity contribution in [2.45, 2.75) is 19.8 Å². The van der Waals surface area contributed by atoms with E-state index in [0.717, 1.165) is 18.2 Å². The molecular formula is C7H12ClN. The van der Waals surface area contributed by atoms with Gasteiger partial charge in [-0.2, -0.15) is 0 Å². The molecule has 52 valence electrons. The maximum absolute atomic E-state index is 5.86. The Kier molecular flexibility index (Phi) is 2.40. The van der Waals surface area contributed by atoms with Crippen molar-refractivity contribution in [2.24, 2.45) is 0 Å². The zero-order valence-corrected chi connectivity index (χ0v) is 6.49. The molecule has 0 unspecified atom stereocenters. The van der Waals surface area contributed by atoms with Crippen LogP contribution in [0.15, 0.2) is 11.2 Å². The molecule has 0 amide bonds. The summed E-state index contributed by atoms with van der Waals surface area (Å²) in [5.41, 5.74) is 0. The first kappa shape index (κ1) is 6.94. The van der Waals surface area contributed by atoms with Gasteiger partial charge in [0.2, 0.25) is 0 Å². The molecule has 0 aromatic rings. The second-order valence-corrected chi connectivity index (χ2v) is 2.69. The fraction of sp³-hybridized carbons (Fsp3) is 0.714. The highest BCUT2D eigenvalue weighted by atomic mass is 35.5. The second-order valence-electron chi connectivity index (χ2n) is 2.31.